The quantitative estimate of drug-likeness (QED) is 0.430. The van der Waals surface area contributed by atoms with Crippen LogP contribution in [0, 0.1) is 5.82 Å². The molecule has 1 amide bonds. The second-order valence-electron chi connectivity index (χ2n) is 7.99. The van der Waals surface area contributed by atoms with Gasteiger partial charge in [0.15, 0.2) is 17.2 Å². The standard InChI is InChI=1S/C25H29FN2O7/c1-4-12-34-23-15(2)35-25(31)18(28-24(30)21-22(29)19(32-3)9-11-27-21)10-13-33-20(23)14-16-5-7-17(26)8-6-16/h4-9,11,15,18,20,23,29H,1,10,12-14H2,2-3H3,(H,28,30)/t15-,18-,20+,23-/m0/s1. The predicted octanol–water partition coefficient (Wildman–Crippen LogP) is 2.57. The van der Waals surface area contributed by atoms with Crippen molar-refractivity contribution in [3.8, 4) is 11.5 Å². The number of cyclic esters (lactones) is 1. The van der Waals surface area contributed by atoms with Crippen LogP contribution in [-0.4, -0.2) is 66.6 Å². The zero-order chi connectivity index (χ0) is 25.4. The molecule has 1 aliphatic heterocycles. The van der Waals surface area contributed by atoms with Crippen LogP contribution in [0.5, 0.6) is 11.5 Å². The zero-order valence-corrected chi connectivity index (χ0v) is 19.6. The molecule has 1 fully saturated rings. The monoisotopic (exact) mass is 488 g/mol. The molecular weight excluding hydrogens is 459 g/mol. The summed E-state index contributed by atoms with van der Waals surface area (Å²) in [5, 5.41) is 12.8. The Morgan fingerprint density at radius 3 is 2.77 bits per heavy atom. The summed E-state index contributed by atoms with van der Waals surface area (Å²) in [5.74, 6) is -2.15. The molecule has 35 heavy (non-hydrogen) atoms. The number of nitrogens with one attached hydrogen (secondary N) is 1. The number of methoxy groups -OCH3 is 1. The fraction of sp³-hybridized carbons (Fsp3) is 0.400. The Bertz CT molecular complexity index is 1030. The lowest BCUT2D eigenvalue weighted by atomic mass is 10.0. The van der Waals surface area contributed by atoms with Gasteiger partial charge >= 0.3 is 5.97 Å². The predicted molar refractivity (Wildman–Crippen MR) is 124 cm³/mol. The Labute approximate surface area is 202 Å². The molecule has 1 aromatic heterocycles. The van der Waals surface area contributed by atoms with E-state index in [9.17, 15) is 19.1 Å². The van der Waals surface area contributed by atoms with Crippen LogP contribution in [0.2, 0.25) is 0 Å². The number of amides is 1. The molecule has 188 valence electrons. The van der Waals surface area contributed by atoms with Gasteiger partial charge in [-0.1, -0.05) is 18.2 Å². The van der Waals surface area contributed by atoms with Gasteiger partial charge in [0.25, 0.3) is 5.91 Å². The Balaban J connectivity index is 1.77. The molecule has 3 rings (SSSR count). The molecule has 0 radical (unpaired) electrons. The van der Waals surface area contributed by atoms with Crippen LogP contribution in [0.3, 0.4) is 0 Å². The molecule has 1 aliphatic rings. The normalized spacial score (nSPS) is 22.8. The zero-order valence-electron chi connectivity index (χ0n) is 19.6. The van der Waals surface area contributed by atoms with E-state index in [-0.39, 0.29) is 36.9 Å². The lowest BCUT2D eigenvalue weighted by Gasteiger charge is -2.30. The molecule has 4 atom stereocenters. The van der Waals surface area contributed by atoms with E-state index in [0.29, 0.717) is 6.42 Å². The summed E-state index contributed by atoms with van der Waals surface area (Å²) in [6.45, 7) is 5.64. The molecule has 10 heteroatoms. The highest BCUT2D eigenvalue weighted by Gasteiger charge is 2.36. The van der Waals surface area contributed by atoms with Gasteiger partial charge in [-0.3, -0.25) is 4.79 Å². The second kappa shape index (κ2) is 12.3. The fourth-order valence-corrected chi connectivity index (χ4v) is 3.76. The Kier molecular flexibility index (Phi) is 9.16. The third-order valence-corrected chi connectivity index (χ3v) is 5.54. The third-order valence-electron chi connectivity index (χ3n) is 5.54. The van der Waals surface area contributed by atoms with Crippen LogP contribution in [0.4, 0.5) is 4.39 Å². The van der Waals surface area contributed by atoms with Gasteiger partial charge in [-0.2, -0.15) is 0 Å². The molecule has 0 saturated carbocycles. The van der Waals surface area contributed by atoms with Crippen LogP contribution < -0.4 is 10.1 Å². The maximum Gasteiger partial charge on any atom is 0.329 e. The van der Waals surface area contributed by atoms with E-state index in [2.05, 4.69) is 16.9 Å². The molecule has 9 nitrogen and oxygen atoms in total. The molecule has 2 N–H and O–H groups in total. The van der Waals surface area contributed by atoms with Crippen molar-refractivity contribution >= 4 is 11.9 Å². The molecule has 1 saturated heterocycles. The van der Waals surface area contributed by atoms with E-state index in [4.69, 9.17) is 18.9 Å². The smallest absolute Gasteiger partial charge is 0.329 e. The number of carbonyl (C=O) groups is 2. The minimum absolute atomic E-state index is 0.0741. The van der Waals surface area contributed by atoms with Gasteiger partial charge in [0.05, 0.1) is 19.8 Å². The number of ether oxygens (including phenoxy) is 4. The first-order valence-electron chi connectivity index (χ1n) is 11.2. The van der Waals surface area contributed by atoms with Crippen LogP contribution in [0.1, 0.15) is 29.4 Å². The lowest BCUT2D eigenvalue weighted by molar-refractivity contribution is -0.163. The Morgan fingerprint density at radius 2 is 2.09 bits per heavy atom. The summed E-state index contributed by atoms with van der Waals surface area (Å²) in [6, 6.07) is 6.39. The number of carbonyl (C=O) groups excluding carboxylic acids is 2. The van der Waals surface area contributed by atoms with Gasteiger partial charge in [-0.05, 0) is 24.6 Å². The van der Waals surface area contributed by atoms with Crippen molar-refractivity contribution in [1.82, 2.24) is 10.3 Å². The average molecular weight is 489 g/mol. The first-order valence-corrected chi connectivity index (χ1v) is 11.2. The number of halogens is 1. The summed E-state index contributed by atoms with van der Waals surface area (Å²) in [6.07, 6.45) is 1.50. The Morgan fingerprint density at radius 1 is 1.34 bits per heavy atom. The van der Waals surface area contributed by atoms with Gasteiger partial charge in [0, 0.05) is 31.7 Å². The summed E-state index contributed by atoms with van der Waals surface area (Å²) in [5.41, 5.74) is 0.540. The topological polar surface area (TPSA) is 116 Å². The van der Waals surface area contributed by atoms with Crippen molar-refractivity contribution in [1.29, 1.82) is 0 Å². The first-order chi connectivity index (χ1) is 16.8. The number of pyridine rings is 1. The number of benzene rings is 1. The molecular formula is C25H29FN2O7. The molecule has 0 bridgehead atoms. The number of hydrogen-bond donors (Lipinski definition) is 2. The van der Waals surface area contributed by atoms with E-state index in [0.717, 1.165) is 5.56 Å². The van der Waals surface area contributed by atoms with Crippen molar-refractivity contribution in [2.24, 2.45) is 0 Å². The summed E-state index contributed by atoms with van der Waals surface area (Å²) < 4.78 is 35.9. The van der Waals surface area contributed by atoms with Crippen molar-refractivity contribution in [3.05, 3.63) is 66.3 Å². The number of rotatable bonds is 8. The minimum Gasteiger partial charge on any atom is -0.503 e. The number of esters is 1. The maximum atomic E-state index is 13.3. The van der Waals surface area contributed by atoms with E-state index in [1.54, 1.807) is 25.1 Å². The van der Waals surface area contributed by atoms with Crippen LogP contribution in [-0.2, 0) is 25.4 Å². The minimum atomic E-state index is -1.05. The SMILES string of the molecule is C=CCO[C@H]1[C@H](C)OC(=O)[C@@H](NC(=O)c2nccc(OC)c2O)CCO[C@@H]1Cc1ccc(F)cc1. The largest absolute Gasteiger partial charge is 0.503 e. The van der Waals surface area contributed by atoms with Gasteiger partial charge in [-0.25, -0.2) is 14.2 Å². The number of aromatic nitrogens is 1. The molecule has 1 aromatic carbocycles. The highest BCUT2D eigenvalue weighted by atomic mass is 19.1. The van der Waals surface area contributed by atoms with Crippen molar-refractivity contribution in [2.75, 3.05) is 20.3 Å². The van der Waals surface area contributed by atoms with Crippen LogP contribution in [0.25, 0.3) is 0 Å². The average Bonchev–Trinajstić information content (AvgIpc) is 2.88. The highest BCUT2D eigenvalue weighted by Crippen LogP contribution is 2.28. The van der Waals surface area contributed by atoms with E-state index in [1.165, 1.54) is 31.5 Å². The van der Waals surface area contributed by atoms with Gasteiger partial charge in [0.1, 0.15) is 24.1 Å². The third kappa shape index (κ3) is 6.77. The molecule has 2 aromatic rings. The van der Waals surface area contributed by atoms with Crippen molar-refractivity contribution < 1.29 is 38.0 Å². The summed E-state index contributed by atoms with van der Waals surface area (Å²) in [4.78, 5) is 29.5. The molecule has 2 heterocycles. The Hall–Kier alpha value is -3.50. The van der Waals surface area contributed by atoms with E-state index in [1.807, 2.05) is 0 Å². The van der Waals surface area contributed by atoms with Crippen LogP contribution >= 0.6 is 0 Å². The van der Waals surface area contributed by atoms with Crippen molar-refractivity contribution in [2.45, 2.75) is 44.1 Å². The van der Waals surface area contributed by atoms with E-state index >= 15 is 0 Å². The molecule has 0 spiro atoms. The van der Waals surface area contributed by atoms with E-state index < -0.39 is 42.0 Å². The molecule has 0 unspecified atom stereocenters. The number of nitrogens with zero attached hydrogens (tertiary/aromatic N) is 1. The molecule has 0 aliphatic carbocycles. The fourth-order valence-electron chi connectivity index (χ4n) is 3.76. The van der Waals surface area contributed by atoms with Gasteiger partial charge in [0.2, 0.25) is 0 Å². The van der Waals surface area contributed by atoms with Crippen molar-refractivity contribution in [3.63, 3.8) is 0 Å². The first kappa shape index (κ1) is 26.1. The maximum absolute atomic E-state index is 13.3. The summed E-state index contributed by atoms with van der Waals surface area (Å²) >= 11 is 0. The number of hydrogen-bond acceptors (Lipinski definition) is 8. The van der Waals surface area contributed by atoms with Gasteiger partial charge in [-0.15, -0.1) is 6.58 Å². The summed E-state index contributed by atoms with van der Waals surface area (Å²) in [7, 11) is 1.35. The lowest BCUT2D eigenvalue weighted by Crippen LogP contribution is -2.45. The highest BCUT2D eigenvalue weighted by molar-refractivity contribution is 5.97. The second-order valence-corrected chi connectivity index (χ2v) is 7.99. The number of aromatic hydroxyl groups is 1. The van der Waals surface area contributed by atoms with Crippen LogP contribution in [0.15, 0.2) is 49.2 Å². The van der Waals surface area contributed by atoms with Gasteiger partial charge < -0.3 is 29.4 Å².